The predicted octanol–water partition coefficient (Wildman–Crippen LogP) is 3.00. The number of hydrogen-bond acceptors (Lipinski definition) is 4. The zero-order chi connectivity index (χ0) is 18.7. The van der Waals surface area contributed by atoms with E-state index in [0.29, 0.717) is 23.7 Å². The molecule has 136 valence electrons. The molecule has 6 nitrogen and oxygen atoms in total. The molecule has 0 aromatic heterocycles. The molecule has 0 aliphatic carbocycles. The van der Waals surface area contributed by atoms with E-state index in [4.69, 9.17) is 9.47 Å². The fourth-order valence-corrected chi connectivity index (χ4v) is 3.07. The molecule has 2 aromatic rings. The van der Waals surface area contributed by atoms with Gasteiger partial charge >= 0.3 is 0 Å². The number of nitrogens with zero attached hydrogens (tertiary/aromatic N) is 1. The lowest BCUT2D eigenvalue weighted by molar-refractivity contribution is -0.122. The van der Waals surface area contributed by atoms with Crippen LogP contribution in [-0.4, -0.2) is 32.6 Å². The van der Waals surface area contributed by atoms with Crippen LogP contribution in [0.15, 0.2) is 42.5 Å². The highest BCUT2D eigenvalue weighted by Crippen LogP contribution is 2.31. The minimum absolute atomic E-state index is 0.0440. The minimum atomic E-state index is -0.408. The molecule has 0 radical (unpaired) electrons. The summed E-state index contributed by atoms with van der Waals surface area (Å²) in [4.78, 5) is 26.7. The zero-order valence-electron chi connectivity index (χ0n) is 15.1. The van der Waals surface area contributed by atoms with Crippen molar-refractivity contribution in [2.75, 3.05) is 31.0 Å². The number of benzene rings is 2. The SMILES string of the molecule is COc1ccc(NC(=O)C2CC(=O)N(c3cccc(C)c3)C2)c(OC)c1. The van der Waals surface area contributed by atoms with Gasteiger partial charge in [-0.15, -0.1) is 0 Å². The summed E-state index contributed by atoms with van der Waals surface area (Å²) in [5.41, 5.74) is 2.46. The Balaban J connectivity index is 1.72. The molecule has 1 aliphatic rings. The lowest BCUT2D eigenvalue weighted by atomic mass is 10.1. The quantitative estimate of drug-likeness (QED) is 0.896. The number of nitrogens with one attached hydrogen (secondary N) is 1. The lowest BCUT2D eigenvalue weighted by Crippen LogP contribution is -2.28. The molecule has 1 N–H and O–H groups in total. The molecule has 0 saturated carbocycles. The molecule has 6 heteroatoms. The molecule has 1 fully saturated rings. The van der Waals surface area contributed by atoms with Crippen molar-refractivity contribution in [1.29, 1.82) is 0 Å². The summed E-state index contributed by atoms with van der Waals surface area (Å²) < 4.78 is 10.5. The van der Waals surface area contributed by atoms with Crippen LogP contribution in [-0.2, 0) is 9.59 Å². The van der Waals surface area contributed by atoms with Crippen molar-refractivity contribution < 1.29 is 19.1 Å². The number of anilines is 2. The Hall–Kier alpha value is -3.02. The number of carbonyl (C=O) groups is 2. The molecular weight excluding hydrogens is 332 g/mol. The molecule has 1 unspecified atom stereocenters. The average molecular weight is 354 g/mol. The Labute approximate surface area is 152 Å². The standard InChI is InChI=1S/C20H22N2O4/c1-13-5-4-6-15(9-13)22-12-14(10-19(22)23)20(24)21-17-8-7-16(25-2)11-18(17)26-3/h4-9,11,14H,10,12H2,1-3H3,(H,21,24). The highest BCUT2D eigenvalue weighted by Gasteiger charge is 2.35. The number of methoxy groups -OCH3 is 2. The van der Waals surface area contributed by atoms with Gasteiger partial charge in [-0.25, -0.2) is 0 Å². The van der Waals surface area contributed by atoms with E-state index in [0.717, 1.165) is 11.3 Å². The van der Waals surface area contributed by atoms with Crippen LogP contribution in [0.2, 0.25) is 0 Å². The molecule has 26 heavy (non-hydrogen) atoms. The van der Waals surface area contributed by atoms with Gasteiger partial charge in [0.1, 0.15) is 11.5 Å². The molecule has 3 rings (SSSR count). The first-order valence-corrected chi connectivity index (χ1v) is 8.41. The summed E-state index contributed by atoms with van der Waals surface area (Å²) in [6, 6.07) is 12.9. The fourth-order valence-electron chi connectivity index (χ4n) is 3.07. The van der Waals surface area contributed by atoms with Gasteiger partial charge in [-0.05, 0) is 36.8 Å². The van der Waals surface area contributed by atoms with Crippen LogP contribution in [0.5, 0.6) is 11.5 Å². The third-order valence-electron chi connectivity index (χ3n) is 4.48. The highest BCUT2D eigenvalue weighted by atomic mass is 16.5. The van der Waals surface area contributed by atoms with Gasteiger partial charge in [-0.3, -0.25) is 9.59 Å². The monoisotopic (exact) mass is 354 g/mol. The van der Waals surface area contributed by atoms with Crippen molar-refractivity contribution in [2.45, 2.75) is 13.3 Å². The normalized spacial score (nSPS) is 16.5. The molecule has 2 aromatic carbocycles. The minimum Gasteiger partial charge on any atom is -0.497 e. The smallest absolute Gasteiger partial charge is 0.229 e. The summed E-state index contributed by atoms with van der Waals surface area (Å²) in [6.07, 6.45) is 0.193. The van der Waals surface area contributed by atoms with E-state index in [-0.39, 0.29) is 18.2 Å². The molecule has 1 heterocycles. The van der Waals surface area contributed by atoms with Crippen LogP contribution >= 0.6 is 0 Å². The van der Waals surface area contributed by atoms with Crippen LogP contribution in [0, 0.1) is 12.8 Å². The highest BCUT2D eigenvalue weighted by molar-refractivity contribution is 6.04. The number of rotatable bonds is 5. The lowest BCUT2D eigenvalue weighted by Gasteiger charge is -2.17. The second kappa shape index (κ2) is 7.47. The van der Waals surface area contributed by atoms with Crippen molar-refractivity contribution in [1.82, 2.24) is 0 Å². The van der Waals surface area contributed by atoms with Gasteiger partial charge in [0.05, 0.1) is 25.8 Å². The van der Waals surface area contributed by atoms with E-state index in [2.05, 4.69) is 5.32 Å². The Morgan fingerprint density at radius 3 is 2.65 bits per heavy atom. The van der Waals surface area contributed by atoms with E-state index in [9.17, 15) is 9.59 Å². The number of aryl methyl sites for hydroxylation is 1. The van der Waals surface area contributed by atoms with Crippen LogP contribution in [0.1, 0.15) is 12.0 Å². The van der Waals surface area contributed by atoms with Crippen molar-refractivity contribution in [2.24, 2.45) is 5.92 Å². The van der Waals surface area contributed by atoms with Gasteiger partial charge in [0.2, 0.25) is 11.8 Å². The van der Waals surface area contributed by atoms with Crippen LogP contribution < -0.4 is 19.7 Å². The maximum Gasteiger partial charge on any atom is 0.229 e. The maximum absolute atomic E-state index is 12.6. The van der Waals surface area contributed by atoms with Crippen molar-refractivity contribution in [3.05, 3.63) is 48.0 Å². The summed E-state index contributed by atoms with van der Waals surface area (Å²) in [5.74, 6) is 0.503. The zero-order valence-corrected chi connectivity index (χ0v) is 15.1. The number of amides is 2. The van der Waals surface area contributed by atoms with E-state index < -0.39 is 5.92 Å². The predicted molar refractivity (Wildman–Crippen MR) is 99.8 cm³/mol. The first-order chi connectivity index (χ1) is 12.5. The second-order valence-electron chi connectivity index (χ2n) is 6.30. The van der Waals surface area contributed by atoms with Gasteiger partial charge in [-0.1, -0.05) is 12.1 Å². The average Bonchev–Trinajstić information content (AvgIpc) is 3.04. The molecule has 1 saturated heterocycles. The van der Waals surface area contributed by atoms with Crippen molar-refractivity contribution >= 4 is 23.2 Å². The first kappa shape index (κ1) is 17.8. The third-order valence-corrected chi connectivity index (χ3v) is 4.48. The van der Waals surface area contributed by atoms with Crippen LogP contribution in [0.4, 0.5) is 11.4 Å². The largest absolute Gasteiger partial charge is 0.497 e. The molecule has 1 aliphatic heterocycles. The molecule has 0 bridgehead atoms. The Bertz CT molecular complexity index is 834. The van der Waals surface area contributed by atoms with Gasteiger partial charge < -0.3 is 19.7 Å². The first-order valence-electron chi connectivity index (χ1n) is 8.41. The number of hydrogen-bond donors (Lipinski definition) is 1. The van der Waals surface area contributed by atoms with E-state index in [1.807, 2.05) is 31.2 Å². The van der Waals surface area contributed by atoms with E-state index in [1.54, 1.807) is 30.2 Å². The Kier molecular flexibility index (Phi) is 5.11. The molecule has 1 atom stereocenters. The maximum atomic E-state index is 12.6. The fraction of sp³-hybridized carbons (Fsp3) is 0.300. The van der Waals surface area contributed by atoms with Gasteiger partial charge in [0.15, 0.2) is 0 Å². The number of carbonyl (C=O) groups excluding carboxylic acids is 2. The van der Waals surface area contributed by atoms with Crippen molar-refractivity contribution in [3.8, 4) is 11.5 Å². The molecule has 0 spiro atoms. The van der Waals surface area contributed by atoms with Gasteiger partial charge in [0, 0.05) is 24.7 Å². The Morgan fingerprint density at radius 2 is 1.96 bits per heavy atom. The molecular formula is C20H22N2O4. The van der Waals surface area contributed by atoms with Crippen LogP contribution in [0.25, 0.3) is 0 Å². The second-order valence-corrected chi connectivity index (χ2v) is 6.30. The summed E-state index contributed by atoms with van der Waals surface area (Å²) >= 11 is 0. The van der Waals surface area contributed by atoms with E-state index in [1.165, 1.54) is 7.11 Å². The number of ether oxygens (including phenoxy) is 2. The van der Waals surface area contributed by atoms with Gasteiger partial charge in [-0.2, -0.15) is 0 Å². The van der Waals surface area contributed by atoms with Gasteiger partial charge in [0.25, 0.3) is 0 Å². The Morgan fingerprint density at radius 1 is 1.15 bits per heavy atom. The summed E-state index contributed by atoms with van der Waals surface area (Å²) in [5, 5.41) is 2.86. The van der Waals surface area contributed by atoms with Crippen molar-refractivity contribution in [3.63, 3.8) is 0 Å². The molecule has 2 amide bonds. The van der Waals surface area contributed by atoms with E-state index >= 15 is 0 Å². The third kappa shape index (κ3) is 3.64. The van der Waals surface area contributed by atoms with Crippen LogP contribution in [0.3, 0.4) is 0 Å². The summed E-state index contributed by atoms with van der Waals surface area (Å²) in [7, 11) is 3.10. The summed E-state index contributed by atoms with van der Waals surface area (Å²) in [6.45, 7) is 2.34. The topological polar surface area (TPSA) is 67.9 Å².